The molecule has 2 aromatic carbocycles. The van der Waals surface area contributed by atoms with E-state index in [9.17, 15) is 16.8 Å². The fourth-order valence-corrected chi connectivity index (χ4v) is 5.35. The first kappa shape index (κ1) is 22.0. The molecule has 1 saturated heterocycles. The number of sulfonamides is 1. The zero-order valence-corrected chi connectivity index (χ0v) is 18.3. The average molecular weight is 437 g/mol. The van der Waals surface area contributed by atoms with Crippen molar-refractivity contribution in [2.75, 3.05) is 25.9 Å². The van der Waals surface area contributed by atoms with Gasteiger partial charge in [-0.15, -0.1) is 0 Å². The number of likely N-dealkylation sites (tertiary alicyclic amines) is 1. The normalized spacial score (nSPS) is 17.6. The molecule has 3 rings (SSSR count). The van der Waals surface area contributed by atoms with E-state index in [4.69, 9.17) is 0 Å². The Morgan fingerprint density at radius 3 is 1.93 bits per heavy atom. The second kappa shape index (κ2) is 9.38. The Hall–Kier alpha value is -1.74. The number of benzene rings is 2. The van der Waals surface area contributed by atoms with Gasteiger partial charge < -0.3 is 0 Å². The standard InChI is InChI=1S/C21H28N2O4S2/c1-28(24,25)19-11-13-20(14-12-19)29(26,27)22-17-21(18-9-5-4-6-10-18)23-15-7-2-3-8-16-23/h4-6,9-14,21-22H,2-3,7-8,15-17H2,1H3. The van der Waals surface area contributed by atoms with E-state index in [2.05, 4.69) is 9.62 Å². The van der Waals surface area contributed by atoms with Crippen LogP contribution in [0.4, 0.5) is 0 Å². The van der Waals surface area contributed by atoms with E-state index in [0.717, 1.165) is 37.8 Å². The third kappa shape index (κ3) is 5.88. The molecular weight excluding hydrogens is 408 g/mol. The molecule has 1 unspecified atom stereocenters. The van der Waals surface area contributed by atoms with E-state index in [1.54, 1.807) is 0 Å². The SMILES string of the molecule is CS(=O)(=O)c1ccc(S(=O)(=O)NCC(c2ccccc2)N2CCCCCC2)cc1. The van der Waals surface area contributed by atoms with Crippen molar-refractivity contribution in [3.05, 3.63) is 60.2 Å². The molecule has 8 heteroatoms. The molecule has 0 aromatic heterocycles. The third-order valence-corrected chi connectivity index (χ3v) is 7.86. The fourth-order valence-electron chi connectivity index (χ4n) is 3.68. The molecule has 158 valence electrons. The molecule has 2 aromatic rings. The van der Waals surface area contributed by atoms with Crippen LogP contribution in [0.3, 0.4) is 0 Å². The van der Waals surface area contributed by atoms with E-state index in [1.165, 1.54) is 37.1 Å². The van der Waals surface area contributed by atoms with Gasteiger partial charge in [0, 0.05) is 18.8 Å². The molecule has 0 bridgehead atoms. The minimum Gasteiger partial charge on any atom is -0.295 e. The Balaban J connectivity index is 1.79. The topological polar surface area (TPSA) is 83.5 Å². The summed E-state index contributed by atoms with van der Waals surface area (Å²) in [5.74, 6) is 0. The molecule has 0 radical (unpaired) electrons. The molecule has 1 heterocycles. The van der Waals surface area contributed by atoms with Crippen LogP contribution in [-0.2, 0) is 19.9 Å². The minimum absolute atomic E-state index is 0.0423. The van der Waals surface area contributed by atoms with Crippen molar-refractivity contribution in [3.8, 4) is 0 Å². The highest BCUT2D eigenvalue weighted by Crippen LogP contribution is 2.24. The van der Waals surface area contributed by atoms with E-state index < -0.39 is 19.9 Å². The molecule has 0 saturated carbocycles. The molecule has 1 atom stereocenters. The van der Waals surface area contributed by atoms with Gasteiger partial charge in [0.15, 0.2) is 9.84 Å². The number of sulfone groups is 1. The van der Waals surface area contributed by atoms with Crippen LogP contribution in [0.5, 0.6) is 0 Å². The molecule has 1 aliphatic heterocycles. The van der Waals surface area contributed by atoms with Crippen molar-refractivity contribution >= 4 is 19.9 Å². The summed E-state index contributed by atoms with van der Waals surface area (Å²) in [6.07, 6.45) is 5.74. The van der Waals surface area contributed by atoms with Gasteiger partial charge in [-0.05, 0) is 55.8 Å². The molecule has 1 aliphatic rings. The highest BCUT2D eigenvalue weighted by Gasteiger charge is 2.24. The Kier molecular flexibility index (Phi) is 7.10. The number of rotatable bonds is 7. The summed E-state index contributed by atoms with van der Waals surface area (Å²) in [7, 11) is -7.11. The second-order valence-corrected chi connectivity index (χ2v) is 11.3. The van der Waals surface area contributed by atoms with Crippen molar-refractivity contribution in [2.45, 2.75) is 41.5 Å². The largest absolute Gasteiger partial charge is 0.295 e. The fraction of sp³-hybridized carbons (Fsp3) is 0.429. The molecule has 1 N–H and O–H groups in total. The van der Waals surface area contributed by atoms with Crippen LogP contribution < -0.4 is 4.72 Å². The summed E-state index contributed by atoms with van der Waals surface area (Å²) in [5.41, 5.74) is 1.09. The smallest absolute Gasteiger partial charge is 0.240 e. The Morgan fingerprint density at radius 1 is 0.828 bits per heavy atom. The summed E-state index contributed by atoms with van der Waals surface area (Å²) in [6, 6.07) is 15.2. The van der Waals surface area contributed by atoms with Gasteiger partial charge in [0.1, 0.15) is 0 Å². The van der Waals surface area contributed by atoms with Crippen molar-refractivity contribution in [1.29, 1.82) is 0 Å². The van der Waals surface area contributed by atoms with Crippen molar-refractivity contribution in [1.82, 2.24) is 9.62 Å². The van der Waals surface area contributed by atoms with Gasteiger partial charge in [-0.2, -0.15) is 0 Å². The zero-order chi connectivity index (χ0) is 20.9. The molecule has 6 nitrogen and oxygen atoms in total. The second-order valence-electron chi connectivity index (χ2n) is 7.47. The average Bonchev–Trinajstić information content (AvgIpc) is 2.98. The van der Waals surface area contributed by atoms with Crippen LogP contribution in [0.2, 0.25) is 0 Å². The van der Waals surface area contributed by atoms with Crippen LogP contribution in [0, 0.1) is 0 Å². The van der Waals surface area contributed by atoms with Gasteiger partial charge in [0.05, 0.1) is 9.79 Å². The van der Waals surface area contributed by atoms with Gasteiger partial charge in [0.25, 0.3) is 0 Å². The minimum atomic E-state index is -3.74. The van der Waals surface area contributed by atoms with Gasteiger partial charge in [0.2, 0.25) is 10.0 Å². The first-order chi connectivity index (χ1) is 13.8. The predicted molar refractivity (Wildman–Crippen MR) is 114 cm³/mol. The van der Waals surface area contributed by atoms with E-state index in [0.29, 0.717) is 0 Å². The lowest BCUT2D eigenvalue weighted by atomic mass is 10.1. The van der Waals surface area contributed by atoms with Crippen molar-refractivity contribution in [3.63, 3.8) is 0 Å². The zero-order valence-electron chi connectivity index (χ0n) is 16.6. The quantitative estimate of drug-likeness (QED) is 0.721. The van der Waals surface area contributed by atoms with Crippen LogP contribution in [0.25, 0.3) is 0 Å². The summed E-state index contributed by atoms with van der Waals surface area (Å²) in [6.45, 7) is 2.16. The van der Waals surface area contributed by atoms with E-state index in [1.807, 2.05) is 30.3 Å². The number of hydrogen-bond acceptors (Lipinski definition) is 5. The molecule has 0 spiro atoms. The molecule has 29 heavy (non-hydrogen) atoms. The van der Waals surface area contributed by atoms with Crippen LogP contribution >= 0.6 is 0 Å². The maximum atomic E-state index is 12.8. The summed E-state index contributed by atoms with van der Waals surface area (Å²) < 4.78 is 51.5. The maximum Gasteiger partial charge on any atom is 0.240 e. The van der Waals surface area contributed by atoms with Gasteiger partial charge >= 0.3 is 0 Å². The molecule has 1 fully saturated rings. The molecular formula is C21H28N2O4S2. The highest BCUT2D eigenvalue weighted by atomic mass is 32.2. The van der Waals surface area contributed by atoms with Crippen LogP contribution in [-0.4, -0.2) is 47.6 Å². The summed E-state index contributed by atoms with van der Waals surface area (Å²) in [5, 5.41) is 0. The Labute approximate surface area is 173 Å². The maximum absolute atomic E-state index is 12.8. The van der Waals surface area contributed by atoms with Gasteiger partial charge in [-0.25, -0.2) is 21.6 Å². The third-order valence-electron chi connectivity index (χ3n) is 5.29. The van der Waals surface area contributed by atoms with E-state index >= 15 is 0 Å². The summed E-state index contributed by atoms with van der Waals surface area (Å²) >= 11 is 0. The van der Waals surface area contributed by atoms with E-state index in [-0.39, 0.29) is 22.4 Å². The molecule has 0 aliphatic carbocycles. The van der Waals surface area contributed by atoms with Crippen molar-refractivity contribution < 1.29 is 16.8 Å². The number of nitrogens with one attached hydrogen (secondary N) is 1. The first-order valence-corrected chi connectivity index (χ1v) is 13.2. The lowest BCUT2D eigenvalue weighted by Gasteiger charge is -2.31. The number of nitrogens with zero attached hydrogens (tertiary/aromatic N) is 1. The summed E-state index contributed by atoms with van der Waals surface area (Å²) in [4.78, 5) is 2.52. The lowest BCUT2D eigenvalue weighted by molar-refractivity contribution is 0.206. The van der Waals surface area contributed by atoms with Crippen LogP contribution in [0.15, 0.2) is 64.4 Å². The van der Waals surface area contributed by atoms with Gasteiger partial charge in [-0.1, -0.05) is 43.2 Å². The first-order valence-electron chi connectivity index (χ1n) is 9.86. The molecule has 0 amide bonds. The van der Waals surface area contributed by atoms with Crippen molar-refractivity contribution in [2.24, 2.45) is 0 Å². The highest BCUT2D eigenvalue weighted by molar-refractivity contribution is 7.90. The monoisotopic (exact) mass is 436 g/mol. The lowest BCUT2D eigenvalue weighted by Crippen LogP contribution is -2.38. The Morgan fingerprint density at radius 2 is 1.38 bits per heavy atom. The number of hydrogen-bond donors (Lipinski definition) is 1. The Bertz CT molecular complexity index is 996. The van der Waals surface area contributed by atoms with Crippen LogP contribution in [0.1, 0.15) is 37.3 Å². The predicted octanol–water partition coefficient (Wildman–Crippen LogP) is 2.99. The van der Waals surface area contributed by atoms with Gasteiger partial charge in [-0.3, -0.25) is 4.90 Å².